The van der Waals surface area contributed by atoms with Crippen molar-refractivity contribution in [2.24, 2.45) is 11.7 Å². The number of benzene rings is 1. The van der Waals surface area contributed by atoms with Crippen LogP contribution in [0.4, 0.5) is 8.78 Å². The highest BCUT2D eigenvalue weighted by Crippen LogP contribution is 2.48. The van der Waals surface area contributed by atoms with E-state index in [1.165, 1.54) is 4.90 Å². The van der Waals surface area contributed by atoms with E-state index in [-0.39, 0.29) is 30.8 Å². The topological polar surface area (TPSA) is 46.3 Å². The summed E-state index contributed by atoms with van der Waals surface area (Å²) in [4.78, 5) is 13.3. The van der Waals surface area contributed by atoms with Crippen molar-refractivity contribution in [1.29, 1.82) is 0 Å². The van der Waals surface area contributed by atoms with Gasteiger partial charge in [-0.1, -0.05) is 30.3 Å². The summed E-state index contributed by atoms with van der Waals surface area (Å²) in [6.45, 7) is -0.115. The van der Waals surface area contributed by atoms with Crippen LogP contribution in [0.15, 0.2) is 30.3 Å². The van der Waals surface area contributed by atoms with Crippen molar-refractivity contribution in [3.8, 4) is 0 Å². The Bertz CT molecular complexity index is 425. The molecule has 2 unspecified atom stereocenters. The lowest BCUT2D eigenvalue weighted by atomic mass is 10.1. The average Bonchev–Trinajstić information content (AvgIpc) is 3.18. The van der Waals surface area contributed by atoms with Gasteiger partial charge in [0.1, 0.15) is 0 Å². The summed E-state index contributed by atoms with van der Waals surface area (Å²) in [6.07, 6.45) is -1.77. The lowest BCUT2D eigenvalue weighted by molar-refractivity contribution is -0.134. The minimum absolute atomic E-state index is 0.160. The summed E-state index contributed by atoms with van der Waals surface area (Å²) in [7, 11) is 0. The fourth-order valence-electron chi connectivity index (χ4n) is 2.38. The van der Waals surface area contributed by atoms with E-state index in [1.54, 1.807) is 0 Å². The van der Waals surface area contributed by atoms with Gasteiger partial charge in [-0.25, -0.2) is 8.78 Å². The Morgan fingerprint density at radius 1 is 1.37 bits per heavy atom. The van der Waals surface area contributed by atoms with Gasteiger partial charge in [-0.15, -0.1) is 0 Å². The van der Waals surface area contributed by atoms with Crippen LogP contribution in [0, 0.1) is 5.92 Å². The minimum atomic E-state index is -2.51. The first-order chi connectivity index (χ1) is 9.13. The van der Waals surface area contributed by atoms with Crippen LogP contribution in [-0.4, -0.2) is 36.9 Å². The fraction of sp³-hybridized carbons (Fsp3) is 0.500. The Hall–Kier alpha value is -1.49. The van der Waals surface area contributed by atoms with Gasteiger partial charge in [-0.3, -0.25) is 4.79 Å². The van der Waals surface area contributed by atoms with Gasteiger partial charge in [0.15, 0.2) is 0 Å². The number of nitrogens with zero attached hydrogens (tertiary/aromatic N) is 1. The first kappa shape index (κ1) is 13.9. The second-order valence-electron chi connectivity index (χ2n) is 4.82. The number of nitrogens with two attached hydrogens (primary N) is 1. The molecule has 19 heavy (non-hydrogen) atoms. The molecule has 1 aromatic carbocycles. The third kappa shape index (κ3) is 3.50. The van der Waals surface area contributed by atoms with E-state index in [0.29, 0.717) is 0 Å². The third-order valence-electron chi connectivity index (χ3n) is 3.40. The fourth-order valence-corrected chi connectivity index (χ4v) is 2.38. The van der Waals surface area contributed by atoms with E-state index in [4.69, 9.17) is 5.73 Å². The first-order valence-electron chi connectivity index (χ1n) is 6.45. The molecule has 1 aliphatic rings. The molecular formula is C14H18F2N2O. The molecule has 2 N–H and O–H groups in total. The van der Waals surface area contributed by atoms with Crippen molar-refractivity contribution in [2.75, 3.05) is 19.6 Å². The number of hydrogen-bond acceptors (Lipinski definition) is 2. The molecule has 1 fully saturated rings. The SMILES string of the molecule is NCCN(CC(F)F)C(=O)C1CC1c1ccccc1. The number of rotatable bonds is 6. The number of carbonyl (C=O) groups excluding carboxylic acids is 1. The normalized spacial score (nSPS) is 21.5. The van der Waals surface area contributed by atoms with Crippen LogP contribution in [0.3, 0.4) is 0 Å². The van der Waals surface area contributed by atoms with E-state index in [1.807, 2.05) is 30.3 Å². The summed E-state index contributed by atoms with van der Waals surface area (Å²) in [5.74, 6) is -0.182. The van der Waals surface area contributed by atoms with Crippen LogP contribution in [0.25, 0.3) is 0 Å². The van der Waals surface area contributed by atoms with Crippen molar-refractivity contribution >= 4 is 5.91 Å². The quantitative estimate of drug-likeness (QED) is 0.855. The molecular weight excluding hydrogens is 250 g/mol. The monoisotopic (exact) mass is 268 g/mol. The van der Waals surface area contributed by atoms with Crippen LogP contribution < -0.4 is 5.73 Å². The Labute approximate surface area is 111 Å². The van der Waals surface area contributed by atoms with Gasteiger partial charge in [0.25, 0.3) is 6.43 Å². The number of hydrogen-bond donors (Lipinski definition) is 1. The molecule has 104 valence electrons. The zero-order valence-electron chi connectivity index (χ0n) is 10.6. The van der Waals surface area contributed by atoms with Crippen LogP contribution in [-0.2, 0) is 4.79 Å². The molecule has 0 aromatic heterocycles. The van der Waals surface area contributed by atoms with Crippen LogP contribution in [0.5, 0.6) is 0 Å². The Morgan fingerprint density at radius 3 is 2.63 bits per heavy atom. The number of halogens is 2. The zero-order chi connectivity index (χ0) is 13.8. The Balaban J connectivity index is 1.97. The lowest BCUT2D eigenvalue weighted by Gasteiger charge is -2.21. The molecule has 1 amide bonds. The summed E-state index contributed by atoms with van der Waals surface area (Å²) >= 11 is 0. The molecule has 1 aliphatic carbocycles. The van der Waals surface area contributed by atoms with E-state index in [2.05, 4.69) is 0 Å². The second kappa shape index (κ2) is 6.10. The third-order valence-corrected chi connectivity index (χ3v) is 3.40. The second-order valence-corrected chi connectivity index (χ2v) is 4.82. The van der Waals surface area contributed by atoms with Gasteiger partial charge in [0, 0.05) is 19.0 Å². The van der Waals surface area contributed by atoms with Crippen molar-refractivity contribution in [1.82, 2.24) is 4.90 Å². The smallest absolute Gasteiger partial charge is 0.255 e. The minimum Gasteiger partial charge on any atom is -0.335 e. The first-order valence-corrected chi connectivity index (χ1v) is 6.45. The summed E-state index contributed by atoms with van der Waals surface area (Å²) in [5, 5.41) is 0. The summed E-state index contributed by atoms with van der Waals surface area (Å²) in [5.41, 5.74) is 6.47. The average molecular weight is 268 g/mol. The maximum atomic E-state index is 12.4. The molecule has 2 rings (SSSR count). The molecule has 3 nitrogen and oxygen atoms in total. The number of carbonyl (C=O) groups is 1. The number of alkyl halides is 2. The van der Waals surface area contributed by atoms with Crippen molar-refractivity contribution in [3.63, 3.8) is 0 Å². The highest BCUT2D eigenvalue weighted by Gasteiger charge is 2.45. The van der Waals surface area contributed by atoms with Gasteiger partial charge in [-0.05, 0) is 17.9 Å². The van der Waals surface area contributed by atoms with Crippen LogP contribution in [0.1, 0.15) is 17.9 Å². The molecule has 0 saturated heterocycles. The van der Waals surface area contributed by atoms with Gasteiger partial charge in [0.05, 0.1) is 6.54 Å². The highest BCUT2D eigenvalue weighted by molar-refractivity contribution is 5.83. The molecule has 0 bridgehead atoms. The van der Waals surface area contributed by atoms with Crippen molar-refractivity contribution < 1.29 is 13.6 Å². The van der Waals surface area contributed by atoms with Crippen molar-refractivity contribution in [2.45, 2.75) is 18.8 Å². The van der Waals surface area contributed by atoms with Crippen molar-refractivity contribution in [3.05, 3.63) is 35.9 Å². The van der Waals surface area contributed by atoms with E-state index in [9.17, 15) is 13.6 Å². The molecule has 0 aliphatic heterocycles. The Kier molecular flexibility index (Phi) is 4.47. The molecule has 1 saturated carbocycles. The van der Waals surface area contributed by atoms with Gasteiger partial charge in [-0.2, -0.15) is 0 Å². The molecule has 0 spiro atoms. The maximum absolute atomic E-state index is 12.4. The van der Waals surface area contributed by atoms with E-state index >= 15 is 0 Å². The van der Waals surface area contributed by atoms with Gasteiger partial charge < -0.3 is 10.6 Å². The number of amides is 1. The van der Waals surface area contributed by atoms with Crippen LogP contribution >= 0.6 is 0 Å². The standard InChI is InChI=1S/C14H18F2N2O/c15-13(16)9-18(7-6-17)14(19)12-8-11(12)10-4-2-1-3-5-10/h1-5,11-13H,6-9,17H2. The van der Waals surface area contributed by atoms with Gasteiger partial charge in [0.2, 0.25) is 5.91 Å². The molecule has 2 atom stereocenters. The molecule has 1 aromatic rings. The maximum Gasteiger partial charge on any atom is 0.255 e. The lowest BCUT2D eigenvalue weighted by Crippen LogP contribution is -2.39. The Morgan fingerprint density at radius 2 is 2.05 bits per heavy atom. The summed E-state index contributed by atoms with van der Waals surface area (Å²) in [6, 6.07) is 9.70. The highest BCUT2D eigenvalue weighted by atomic mass is 19.3. The predicted octanol–water partition coefficient (Wildman–Crippen LogP) is 1.84. The largest absolute Gasteiger partial charge is 0.335 e. The van der Waals surface area contributed by atoms with Crippen LogP contribution in [0.2, 0.25) is 0 Å². The van der Waals surface area contributed by atoms with E-state index < -0.39 is 13.0 Å². The molecule has 5 heteroatoms. The van der Waals surface area contributed by atoms with E-state index in [0.717, 1.165) is 12.0 Å². The predicted molar refractivity (Wildman–Crippen MR) is 68.9 cm³/mol. The molecule has 0 heterocycles. The van der Waals surface area contributed by atoms with Gasteiger partial charge >= 0.3 is 0 Å². The summed E-state index contributed by atoms with van der Waals surface area (Å²) < 4.78 is 24.9. The zero-order valence-corrected chi connectivity index (χ0v) is 10.6. The molecule has 0 radical (unpaired) electrons.